The van der Waals surface area contributed by atoms with Crippen molar-refractivity contribution in [2.75, 3.05) is 26.2 Å². The number of sulfonamides is 1. The Morgan fingerprint density at radius 2 is 1.71 bits per heavy atom. The van der Waals surface area contributed by atoms with Crippen LogP contribution < -0.4 is 5.56 Å². The topological polar surface area (TPSA) is 103 Å². The van der Waals surface area contributed by atoms with E-state index in [9.17, 15) is 18.0 Å². The number of carbonyl (C=O) groups is 1. The average Bonchev–Trinajstić information content (AvgIpc) is 2.77. The molecule has 31 heavy (non-hydrogen) atoms. The number of fused-ring (bicyclic) bond motifs is 1. The van der Waals surface area contributed by atoms with E-state index < -0.39 is 10.0 Å². The zero-order chi connectivity index (χ0) is 22.2. The summed E-state index contributed by atoms with van der Waals surface area (Å²) < 4.78 is 27.6. The monoisotopic (exact) mass is 440 g/mol. The minimum atomic E-state index is -3.61. The highest BCUT2D eigenvalue weighted by Crippen LogP contribution is 2.23. The fraction of sp³-hybridized carbons (Fsp3) is 0.318. The minimum absolute atomic E-state index is 0.0427. The molecule has 1 saturated heterocycles. The fourth-order valence-corrected chi connectivity index (χ4v) is 5.60. The van der Waals surface area contributed by atoms with Crippen LogP contribution in [0.2, 0.25) is 0 Å². The number of benzene rings is 2. The van der Waals surface area contributed by atoms with E-state index >= 15 is 0 Å². The summed E-state index contributed by atoms with van der Waals surface area (Å²) in [6.07, 6.45) is 0.0427. The van der Waals surface area contributed by atoms with E-state index in [1.54, 1.807) is 42.2 Å². The number of nitrogens with one attached hydrogen (secondary N) is 1. The highest BCUT2D eigenvalue weighted by Gasteiger charge is 2.31. The number of nitrogens with zero attached hydrogens (tertiary/aromatic N) is 3. The lowest BCUT2D eigenvalue weighted by atomic mass is 10.1. The maximum Gasteiger partial charge on any atom is 0.272 e. The lowest BCUT2D eigenvalue weighted by Crippen LogP contribution is -2.51. The van der Waals surface area contributed by atoms with E-state index in [0.29, 0.717) is 40.0 Å². The molecule has 0 spiro atoms. The van der Waals surface area contributed by atoms with E-state index in [2.05, 4.69) is 10.2 Å². The Bertz CT molecular complexity index is 1310. The second-order valence-corrected chi connectivity index (χ2v) is 9.68. The summed E-state index contributed by atoms with van der Waals surface area (Å²) in [5.41, 5.74) is 1.81. The summed E-state index contributed by atoms with van der Waals surface area (Å²) in [7, 11) is -3.61. The maximum atomic E-state index is 13.1. The van der Waals surface area contributed by atoms with Gasteiger partial charge in [-0.25, -0.2) is 13.5 Å². The standard InChI is InChI=1S/C22H24N4O4S/c1-15-7-8-16(2)20(13-15)31(29,30)26-11-9-25(10-12-26)21(27)14-19-17-5-3-4-6-18(17)22(28)24-23-19/h3-8,13H,9-12,14H2,1-2H3,(H,24,28). The third-order valence-electron chi connectivity index (χ3n) is 5.65. The molecule has 3 aromatic rings. The number of hydrogen-bond acceptors (Lipinski definition) is 5. The van der Waals surface area contributed by atoms with Crippen LogP contribution in [0, 0.1) is 13.8 Å². The number of piperazine rings is 1. The van der Waals surface area contributed by atoms with Crippen LogP contribution in [0.25, 0.3) is 10.8 Å². The number of H-pyrrole nitrogens is 1. The second kappa shape index (κ2) is 8.24. The van der Waals surface area contributed by atoms with Gasteiger partial charge in [0.25, 0.3) is 5.56 Å². The first-order valence-electron chi connectivity index (χ1n) is 10.1. The Labute approximate surface area is 180 Å². The molecule has 1 N–H and O–H groups in total. The van der Waals surface area contributed by atoms with Gasteiger partial charge in [-0.05, 0) is 37.1 Å². The number of rotatable bonds is 4. The molecular weight excluding hydrogens is 416 g/mol. The third kappa shape index (κ3) is 4.11. The highest BCUT2D eigenvalue weighted by atomic mass is 32.2. The Kier molecular flexibility index (Phi) is 5.63. The van der Waals surface area contributed by atoms with E-state index in [0.717, 1.165) is 5.56 Å². The smallest absolute Gasteiger partial charge is 0.272 e. The summed E-state index contributed by atoms with van der Waals surface area (Å²) in [6, 6.07) is 12.4. The molecule has 1 fully saturated rings. The van der Waals surface area contributed by atoms with Crippen molar-refractivity contribution in [2.45, 2.75) is 25.2 Å². The molecule has 4 rings (SSSR count). The van der Waals surface area contributed by atoms with Crippen molar-refractivity contribution >= 4 is 26.7 Å². The van der Waals surface area contributed by atoms with Crippen LogP contribution in [-0.2, 0) is 21.2 Å². The maximum absolute atomic E-state index is 13.1. The number of amides is 1. The molecule has 8 nitrogen and oxygen atoms in total. The molecule has 0 bridgehead atoms. The van der Waals surface area contributed by atoms with Gasteiger partial charge in [0.05, 0.1) is 22.4 Å². The first kappa shape index (κ1) is 21.2. The number of carbonyl (C=O) groups excluding carboxylic acids is 1. The lowest BCUT2D eigenvalue weighted by molar-refractivity contribution is -0.131. The molecule has 1 aliphatic rings. The van der Waals surface area contributed by atoms with Gasteiger partial charge in [0.2, 0.25) is 15.9 Å². The van der Waals surface area contributed by atoms with Crippen molar-refractivity contribution in [1.82, 2.24) is 19.4 Å². The van der Waals surface area contributed by atoms with Crippen LogP contribution in [0.3, 0.4) is 0 Å². The number of aryl methyl sites for hydroxylation is 2. The summed E-state index contributed by atoms with van der Waals surface area (Å²) in [6.45, 7) is 4.74. The van der Waals surface area contributed by atoms with Gasteiger partial charge in [-0.3, -0.25) is 9.59 Å². The van der Waals surface area contributed by atoms with Crippen LogP contribution >= 0.6 is 0 Å². The van der Waals surface area contributed by atoms with E-state index in [4.69, 9.17) is 0 Å². The third-order valence-corrected chi connectivity index (χ3v) is 7.69. The minimum Gasteiger partial charge on any atom is -0.340 e. The Morgan fingerprint density at radius 3 is 2.42 bits per heavy atom. The zero-order valence-electron chi connectivity index (χ0n) is 17.5. The molecule has 2 heterocycles. The van der Waals surface area contributed by atoms with Crippen molar-refractivity contribution < 1.29 is 13.2 Å². The summed E-state index contributed by atoms with van der Waals surface area (Å²) in [4.78, 5) is 26.7. The molecule has 1 aromatic heterocycles. The molecule has 0 radical (unpaired) electrons. The van der Waals surface area contributed by atoms with Gasteiger partial charge in [-0.15, -0.1) is 0 Å². The molecule has 0 atom stereocenters. The van der Waals surface area contributed by atoms with Gasteiger partial charge < -0.3 is 4.90 Å². The largest absolute Gasteiger partial charge is 0.340 e. The molecular formula is C22H24N4O4S. The van der Waals surface area contributed by atoms with Crippen LogP contribution in [0.5, 0.6) is 0 Å². The van der Waals surface area contributed by atoms with Crippen LogP contribution in [0.4, 0.5) is 0 Å². The molecule has 9 heteroatoms. The Morgan fingerprint density at radius 1 is 1.03 bits per heavy atom. The number of hydrogen-bond donors (Lipinski definition) is 1. The molecule has 1 aliphatic heterocycles. The van der Waals surface area contributed by atoms with Gasteiger partial charge >= 0.3 is 0 Å². The molecule has 0 saturated carbocycles. The highest BCUT2D eigenvalue weighted by molar-refractivity contribution is 7.89. The molecule has 0 unspecified atom stereocenters. The van der Waals surface area contributed by atoms with E-state index in [1.165, 1.54) is 4.31 Å². The SMILES string of the molecule is Cc1ccc(C)c(S(=O)(=O)N2CCN(C(=O)Cc3n[nH]c(=O)c4ccccc34)CC2)c1. The second-order valence-electron chi connectivity index (χ2n) is 7.78. The molecule has 0 aliphatic carbocycles. The molecule has 162 valence electrons. The predicted molar refractivity (Wildman–Crippen MR) is 117 cm³/mol. The lowest BCUT2D eigenvalue weighted by Gasteiger charge is -2.34. The molecule has 1 amide bonds. The Hall–Kier alpha value is -3.04. The van der Waals surface area contributed by atoms with Crippen LogP contribution in [0.15, 0.2) is 52.2 Å². The molecule has 2 aromatic carbocycles. The van der Waals surface area contributed by atoms with Crippen LogP contribution in [-0.4, -0.2) is 59.9 Å². The number of aromatic nitrogens is 2. The summed E-state index contributed by atoms with van der Waals surface area (Å²) >= 11 is 0. The zero-order valence-corrected chi connectivity index (χ0v) is 18.3. The van der Waals surface area contributed by atoms with Gasteiger partial charge in [0.1, 0.15) is 0 Å². The van der Waals surface area contributed by atoms with Gasteiger partial charge in [-0.1, -0.05) is 30.3 Å². The van der Waals surface area contributed by atoms with Crippen LogP contribution in [0.1, 0.15) is 16.8 Å². The fourth-order valence-electron chi connectivity index (χ4n) is 3.86. The first-order chi connectivity index (χ1) is 14.8. The van der Waals surface area contributed by atoms with Gasteiger partial charge in [0, 0.05) is 31.6 Å². The van der Waals surface area contributed by atoms with E-state index in [1.807, 2.05) is 19.1 Å². The van der Waals surface area contributed by atoms with Gasteiger partial charge in [0.15, 0.2) is 0 Å². The first-order valence-corrected chi connectivity index (χ1v) is 11.5. The number of aromatic amines is 1. The average molecular weight is 441 g/mol. The normalized spacial score (nSPS) is 15.4. The van der Waals surface area contributed by atoms with Gasteiger partial charge in [-0.2, -0.15) is 9.40 Å². The van der Waals surface area contributed by atoms with Crippen molar-refractivity contribution in [1.29, 1.82) is 0 Å². The summed E-state index contributed by atoms with van der Waals surface area (Å²) in [5.74, 6) is -0.145. The van der Waals surface area contributed by atoms with Crippen molar-refractivity contribution in [3.05, 3.63) is 69.6 Å². The van der Waals surface area contributed by atoms with E-state index in [-0.39, 0.29) is 31.0 Å². The van der Waals surface area contributed by atoms with Crippen molar-refractivity contribution in [2.24, 2.45) is 0 Å². The van der Waals surface area contributed by atoms with Crippen molar-refractivity contribution in [3.8, 4) is 0 Å². The summed E-state index contributed by atoms with van der Waals surface area (Å²) in [5, 5.41) is 7.64. The predicted octanol–water partition coefficient (Wildman–Crippen LogP) is 1.62. The quantitative estimate of drug-likeness (QED) is 0.664. The van der Waals surface area contributed by atoms with Crippen molar-refractivity contribution in [3.63, 3.8) is 0 Å². The Balaban J connectivity index is 1.47.